The highest BCUT2D eigenvalue weighted by Gasteiger charge is 2.22. The predicted molar refractivity (Wildman–Crippen MR) is 73.1 cm³/mol. The zero-order valence-electron chi connectivity index (χ0n) is 11.3. The van der Waals surface area contributed by atoms with E-state index in [9.17, 15) is 0 Å². The molecule has 5 heteroatoms. The summed E-state index contributed by atoms with van der Waals surface area (Å²) >= 11 is 0. The minimum Gasteiger partial charge on any atom is -0.493 e. The third-order valence-corrected chi connectivity index (χ3v) is 3.22. The average molecular weight is 264 g/mol. The van der Waals surface area contributed by atoms with E-state index >= 15 is 0 Å². The highest BCUT2D eigenvalue weighted by atomic mass is 16.6. The quantitative estimate of drug-likeness (QED) is 0.629. The molecule has 1 saturated heterocycles. The third kappa shape index (κ3) is 3.38. The molecule has 1 aromatic carbocycles. The molecular formula is C14H20N2O3. The van der Waals surface area contributed by atoms with Crippen molar-refractivity contribution in [2.24, 2.45) is 5.73 Å². The molecule has 3 N–H and O–H groups in total. The van der Waals surface area contributed by atoms with Gasteiger partial charge in [0.1, 0.15) is 12.4 Å². The summed E-state index contributed by atoms with van der Waals surface area (Å²) < 4.78 is 16.7. The molecule has 0 spiro atoms. The van der Waals surface area contributed by atoms with E-state index < -0.39 is 0 Å². The number of hydrogen-bond donors (Lipinski definition) is 2. The fraction of sp³-hybridized carbons (Fsp3) is 0.500. The maximum absolute atomic E-state index is 7.40. The average Bonchev–Trinajstić information content (AvgIpc) is 2.81. The van der Waals surface area contributed by atoms with Crippen LogP contribution in [0.4, 0.5) is 0 Å². The Balaban J connectivity index is 2.01. The van der Waals surface area contributed by atoms with E-state index in [0.29, 0.717) is 29.8 Å². The van der Waals surface area contributed by atoms with Gasteiger partial charge in [0, 0.05) is 5.56 Å². The Bertz CT molecular complexity index is 462. The largest absolute Gasteiger partial charge is 0.493 e. The van der Waals surface area contributed by atoms with Gasteiger partial charge < -0.3 is 19.9 Å². The van der Waals surface area contributed by atoms with E-state index in [1.54, 1.807) is 25.3 Å². The van der Waals surface area contributed by atoms with E-state index in [1.165, 1.54) is 0 Å². The van der Waals surface area contributed by atoms with Crippen molar-refractivity contribution in [3.05, 3.63) is 23.8 Å². The number of methoxy groups -OCH3 is 1. The molecule has 0 aromatic heterocycles. The molecule has 0 bridgehead atoms. The number of nitrogens with two attached hydrogens (primary N) is 1. The second-order valence-electron chi connectivity index (χ2n) is 4.74. The predicted octanol–water partition coefficient (Wildman–Crippen LogP) is 1.93. The zero-order valence-corrected chi connectivity index (χ0v) is 11.3. The van der Waals surface area contributed by atoms with Gasteiger partial charge in [0.15, 0.2) is 11.5 Å². The standard InChI is InChI=1S/C14H20N2O3/c1-9-3-5-11(19-9)8-18-12-6-4-10(14(15)16)7-13(12)17-2/h4,6-7,9,11H,3,5,8H2,1-2H3,(H3,15,16). The summed E-state index contributed by atoms with van der Waals surface area (Å²) in [6, 6.07) is 5.22. The third-order valence-electron chi connectivity index (χ3n) is 3.22. The van der Waals surface area contributed by atoms with Crippen LogP contribution in [0.5, 0.6) is 11.5 Å². The van der Waals surface area contributed by atoms with Crippen LogP contribution in [0.15, 0.2) is 18.2 Å². The second kappa shape index (κ2) is 5.93. The Morgan fingerprint density at radius 3 is 2.79 bits per heavy atom. The van der Waals surface area contributed by atoms with Gasteiger partial charge in [-0.1, -0.05) is 0 Å². The van der Waals surface area contributed by atoms with Crippen LogP contribution in [0.3, 0.4) is 0 Å². The normalized spacial score (nSPS) is 22.2. The van der Waals surface area contributed by atoms with Crippen molar-refractivity contribution in [3.8, 4) is 11.5 Å². The number of rotatable bonds is 5. The van der Waals surface area contributed by atoms with Gasteiger partial charge in [-0.25, -0.2) is 0 Å². The Morgan fingerprint density at radius 1 is 1.42 bits per heavy atom. The maximum atomic E-state index is 7.40. The highest BCUT2D eigenvalue weighted by Crippen LogP contribution is 2.29. The van der Waals surface area contributed by atoms with E-state index in [2.05, 4.69) is 6.92 Å². The van der Waals surface area contributed by atoms with Gasteiger partial charge in [0.05, 0.1) is 19.3 Å². The molecule has 1 fully saturated rings. The van der Waals surface area contributed by atoms with E-state index in [-0.39, 0.29) is 11.9 Å². The summed E-state index contributed by atoms with van der Waals surface area (Å²) in [7, 11) is 1.57. The van der Waals surface area contributed by atoms with Crippen LogP contribution in [0.25, 0.3) is 0 Å². The summed E-state index contributed by atoms with van der Waals surface area (Å²) in [5.74, 6) is 1.24. The van der Waals surface area contributed by atoms with Crippen molar-refractivity contribution < 1.29 is 14.2 Å². The first-order chi connectivity index (χ1) is 9.10. The van der Waals surface area contributed by atoms with Crippen LogP contribution in [-0.2, 0) is 4.74 Å². The molecule has 2 unspecified atom stereocenters. The Labute approximate surface area is 113 Å². The zero-order chi connectivity index (χ0) is 13.8. The van der Waals surface area contributed by atoms with Crippen molar-refractivity contribution in [2.75, 3.05) is 13.7 Å². The summed E-state index contributed by atoms with van der Waals surface area (Å²) in [6.45, 7) is 2.59. The summed E-state index contributed by atoms with van der Waals surface area (Å²) in [6.07, 6.45) is 2.56. The van der Waals surface area contributed by atoms with Crippen LogP contribution >= 0.6 is 0 Å². The molecule has 2 atom stereocenters. The van der Waals surface area contributed by atoms with E-state index in [0.717, 1.165) is 12.8 Å². The smallest absolute Gasteiger partial charge is 0.161 e. The summed E-state index contributed by atoms with van der Waals surface area (Å²) in [5.41, 5.74) is 6.06. The monoisotopic (exact) mass is 264 g/mol. The summed E-state index contributed by atoms with van der Waals surface area (Å²) in [4.78, 5) is 0. The molecule has 0 saturated carbocycles. The fourth-order valence-corrected chi connectivity index (χ4v) is 2.14. The molecular weight excluding hydrogens is 244 g/mol. The minimum absolute atomic E-state index is 0.0119. The Morgan fingerprint density at radius 2 is 2.21 bits per heavy atom. The van der Waals surface area contributed by atoms with Crippen molar-refractivity contribution in [2.45, 2.75) is 32.0 Å². The van der Waals surface area contributed by atoms with Crippen LogP contribution < -0.4 is 15.2 Å². The van der Waals surface area contributed by atoms with Gasteiger partial charge in [-0.15, -0.1) is 0 Å². The SMILES string of the molecule is COc1cc(C(=N)N)ccc1OCC1CCC(C)O1. The molecule has 0 radical (unpaired) electrons. The number of ether oxygens (including phenoxy) is 3. The molecule has 1 aromatic rings. The number of nitrogens with one attached hydrogen (secondary N) is 1. The number of amidine groups is 1. The molecule has 1 aliphatic heterocycles. The van der Waals surface area contributed by atoms with Gasteiger partial charge >= 0.3 is 0 Å². The van der Waals surface area contributed by atoms with Gasteiger partial charge in [0.2, 0.25) is 0 Å². The minimum atomic E-state index is 0.0119. The van der Waals surface area contributed by atoms with Crippen molar-refractivity contribution >= 4 is 5.84 Å². The highest BCUT2D eigenvalue weighted by molar-refractivity contribution is 5.95. The lowest BCUT2D eigenvalue weighted by atomic mass is 10.2. The molecule has 104 valence electrons. The van der Waals surface area contributed by atoms with Crippen LogP contribution in [0.1, 0.15) is 25.3 Å². The molecule has 1 heterocycles. The molecule has 5 nitrogen and oxygen atoms in total. The van der Waals surface area contributed by atoms with E-state index in [4.69, 9.17) is 25.4 Å². The lowest BCUT2D eigenvalue weighted by molar-refractivity contribution is 0.0259. The van der Waals surface area contributed by atoms with E-state index in [1.807, 2.05) is 0 Å². The van der Waals surface area contributed by atoms with Crippen LogP contribution in [-0.4, -0.2) is 31.8 Å². The number of benzene rings is 1. The second-order valence-corrected chi connectivity index (χ2v) is 4.74. The Hall–Kier alpha value is -1.75. The molecule has 0 aliphatic carbocycles. The molecule has 1 aliphatic rings. The Kier molecular flexibility index (Phi) is 4.27. The lowest BCUT2D eigenvalue weighted by Crippen LogP contribution is -2.18. The number of nitrogen functional groups attached to an aromatic ring is 1. The first-order valence-corrected chi connectivity index (χ1v) is 6.41. The maximum Gasteiger partial charge on any atom is 0.161 e. The fourth-order valence-electron chi connectivity index (χ4n) is 2.14. The number of hydrogen-bond acceptors (Lipinski definition) is 4. The first kappa shape index (κ1) is 13.7. The van der Waals surface area contributed by atoms with Crippen LogP contribution in [0.2, 0.25) is 0 Å². The van der Waals surface area contributed by atoms with Crippen molar-refractivity contribution in [3.63, 3.8) is 0 Å². The van der Waals surface area contributed by atoms with Gasteiger partial charge in [-0.3, -0.25) is 5.41 Å². The first-order valence-electron chi connectivity index (χ1n) is 6.41. The summed E-state index contributed by atoms with van der Waals surface area (Å²) in [5, 5.41) is 7.40. The van der Waals surface area contributed by atoms with Crippen LogP contribution in [0, 0.1) is 5.41 Å². The lowest BCUT2D eigenvalue weighted by Gasteiger charge is -2.15. The van der Waals surface area contributed by atoms with Gasteiger partial charge in [-0.05, 0) is 38.0 Å². The molecule has 2 rings (SSSR count). The van der Waals surface area contributed by atoms with Gasteiger partial charge in [0.25, 0.3) is 0 Å². The van der Waals surface area contributed by atoms with Crippen molar-refractivity contribution in [1.82, 2.24) is 0 Å². The molecule has 19 heavy (non-hydrogen) atoms. The molecule has 0 amide bonds. The topological polar surface area (TPSA) is 77.6 Å². The van der Waals surface area contributed by atoms with Gasteiger partial charge in [-0.2, -0.15) is 0 Å². The van der Waals surface area contributed by atoms with Crippen molar-refractivity contribution in [1.29, 1.82) is 5.41 Å².